The number of carbonyl (C=O) groups excluding carboxylic acids is 1. The molecule has 0 aliphatic heterocycles. The Labute approximate surface area is 96.8 Å². The van der Waals surface area contributed by atoms with Crippen molar-refractivity contribution in [1.82, 2.24) is 4.98 Å². The maximum absolute atomic E-state index is 12.7. The molecule has 0 unspecified atom stereocenters. The molecule has 1 rings (SSSR count). The topological polar surface area (TPSA) is 63.0 Å². The van der Waals surface area contributed by atoms with Crippen LogP contribution in [-0.4, -0.2) is 17.6 Å². The molecule has 1 aromatic rings. The third kappa shape index (κ3) is 2.56. The maximum atomic E-state index is 12.7. The Hall–Kier alpha value is -2.03. The first kappa shape index (κ1) is 13.0. The normalized spacial score (nSPS) is 10.1. The summed E-state index contributed by atoms with van der Waals surface area (Å²) in [5, 5.41) is 8.73. The van der Waals surface area contributed by atoms with E-state index in [9.17, 15) is 13.6 Å². The highest BCUT2D eigenvalue weighted by Gasteiger charge is 2.24. The first-order valence-corrected chi connectivity index (χ1v) is 4.87. The number of rotatable bonds is 3. The van der Waals surface area contributed by atoms with Gasteiger partial charge in [-0.15, -0.1) is 0 Å². The fourth-order valence-corrected chi connectivity index (χ4v) is 1.38. The molecule has 0 aliphatic carbocycles. The standard InChI is InChI=1S/C11H10F2N2O2/c1-3-17-11(16)9-6(2)8(4-14)15-5-7(9)10(12)13/h5,10H,3H2,1-2H3. The van der Waals surface area contributed by atoms with Gasteiger partial charge in [0, 0.05) is 11.8 Å². The maximum Gasteiger partial charge on any atom is 0.339 e. The number of hydrogen-bond donors (Lipinski definition) is 0. The monoisotopic (exact) mass is 240 g/mol. The van der Waals surface area contributed by atoms with Gasteiger partial charge in [0.15, 0.2) is 0 Å². The second-order valence-electron chi connectivity index (χ2n) is 3.20. The Balaban J connectivity index is 3.41. The molecule has 0 atom stereocenters. The van der Waals surface area contributed by atoms with Crippen LogP contribution in [0.15, 0.2) is 6.20 Å². The van der Waals surface area contributed by atoms with Crippen LogP contribution in [0.2, 0.25) is 0 Å². The quantitative estimate of drug-likeness (QED) is 0.761. The Morgan fingerprint density at radius 2 is 2.29 bits per heavy atom. The zero-order valence-electron chi connectivity index (χ0n) is 9.33. The molecule has 4 nitrogen and oxygen atoms in total. The van der Waals surface area contributed by atoms with E-state index in [1.54, 1.807) is 13.0 Å². The van der Waals surface area contributed by atoms with Crippen LogP contribution in [0.5, 0.6) is 0 Å². The van der Waals surface area contributed by atoms with Gasteiger partial charge in [-0.25, -0.2) is 18.6 Å². The lowest BCUT2D eigenvalue weighted by molar-refractivity contribution is 0.0514. The van der Waals surface area contributed by atoms with Crippen LogP contribution in [0, 0.1) is 18.3 Å². The average molecular weight is 240 g/mol. The predicted octanol–water partition coefficient (Wildman–Crippen LogP) is 2.38. The van der Waals surface area contributed by atoms with E-state index in [1.807, 2.05) is 0 Å². The summed E-state index contributed by atoms with van der Waals surface area (Å²) in [7, 11) is 0. The van der Waals surface area contributed by atoms with Gasteiger partial charge in [-0.1, -0.05) is 0 Å². The molecule has 0 saturated carbocycles. The van der Waals surface area contributed by atoms with E-state index < -0.39 is 18.0 Å². The molecular weight excluding hydrogens is 230 g/mol. The zero-order chi connectivity index (χ0) is 13.0. The number of halogens is 2. The molecule has 0 spiro atoms. The van der Waals surface area contributed by atoms with Gasteiger partial charge < -0.3 is 4.74 Å². The summed E-state index contributed by atoms with van der Waals surface area (Å²) >= 11 is 0. The molecule has 0 fully saturated rings. The van der Waals surface area contributed by atoms with Crippen LogP contribution in [-0.2, 0) is 4.74 Å². The molecule has 0 bridgehead atoms. The highest BCUT2D eigenvalue weighted by molar-refractivity contribution is 5.93. The predicted molar refractivity (Wildman–Crippen MR) is 54.6 cm³/mol. The number of aromatic nitrogens is 1. The highest BCUT2D eigenvalue weighted by atomic mass is 19.3. The summed E-state index contributed by atoms with van der Waals surface area (Å²) < 4.78 is 30.1. The minimum atomic E-state index is -2.84. The molecule has 0 saturated heterocycles. The highest BCUT2D eigenvalue weighted by Crippen LogP contribution is 2.26. The molecule has 0 amide bonds. The smallest absolute Gasteiger partial charge is 0.339 e. The van der Waals surface area contributed by atoms with Crippen molar-refractivity contribution in [1.29, 1.82) is 5.26 Å². The number of ether oxygens (including phenoxy) is 1. The SMILES string of the molecule is CCOC(=O)c1c(C(F)F)cnc(C#N)c1C. The van der Waals surface area contributed by atoms with Crippen LogP contribution in [0.25, 0.3) is 0 Å². The van der Waals surface area contributed by atoms with Crippen molar-refractivity contribution in [3.63, 3.8) is 0 Å². The molecule has 0 aromatic carbocycles. The number of esters is 1. The summed E-state index contributed by atoms with van der Waals surface area (Å²) in [6.07, 6.45) is -2.00. The number of hydrogen-bond acceptors (Lipinski definition) is 4. The number of pyridine rings is 1. The van der Waals surface area contributed by atoms with Crippen LogP contribution in [0.1, 0.15) is 40.5 Å². The van der Waals surface area contributed by atoms with Crippen molar-refractivity contribution >= 4 is 5.97 Å². The molecular formula is C11H10F2N2O2. The summed E-state index contributed by atoms with van der Waals surface area (Å²) in [4.78, 5) is 15.1. The molecule has 17 heavy (non-hydrogen) atoms. The zero-order valence-corrected chi connectivity index (χ0v) is 9.33. The lowest BCUT2D eigenvalue weighted by Gasteiger charge is -2.11. The number of carbonyl (C=O) groups is 1. The lowest BCUT2D eigenvalue weighted by Crippen LogP contribution is -2.12. The van der Waals surface area contributed by atoms with E-state index in [2.05, 4.69) is 9.72 Å². The van der Waals surface area contributed by atoms with E-state index in [0.717, 1.165) is 6.20 Å². The van der Waals surface area contributed by atoms with Gasteiger partial charge >= 0.3 is 5.97 Å². The van der Waals surface area contributed by atoms with E-state index in [1.165, 1.54) is 6.92 Å². The van der Waals surface area contributed by atoms with Crippen LogP contribution in [0.3, 0.4) is 0 Å². The Bertz CT molecular complexity index is 481. The molecule has 0 N–H and O–H groups in total. The van der Waals surface area contributed by atoms with Gasteiger partial charge in [-0.05, 0) is 13.8 Å². The van der Waals surface area contributed by atoms with Gasteiger partial charge in [0.1, 0.15) is 11.8 Å². The summed E-state index contributed by atoms with van der Waals surface area (Å²) in [6.45, 7) is 3.04. The lowest BCUT2D eigenvalue weighted by atomic mass is 10.0. The summed E-state index contributed by atoms with van der Waals surface area (Å²) in [6, 6.07) is 1.73. The average Bonchev–Trinajstić information content (AvgIpc) is 2.28. The molecule has 0 aliphatic rings. The van der Waals surface area contributed by atoms with E-state index in [0.29, 0.717) is 0 Å². The van der Waals surface area contributed by atoms with Gasteiger partial charge in [-0.3, -0.25) is 0 Å². The van der Waals surface area contributed by atoms with Gasteiger partial charge in [0.05, 0.1) is 17.7 Å². The molecule has 1 heterocycles. The molecule has 0 radical (unpaired) electrons. The third-order valence-electron chi connectivity index (χ3n) is 2.17. The minimum absolute atomic E-state index is 0.0579. The van der Waals surface area contributed by atoms with Crippen molar-refractivity contribution in [2.75, 3.05) is 6.61 Å². The number of alkyl halides is 2. The fraction of sp³-hybridized carbons (Fsp3) is 0.364. The molecule has 1 aromatic heterocycles. The van der Waals surface area contributed by atoms with E-state index in [-0.39, 0.29) is 23.4 Å². The summed E-state index contributed by atoms with van der Waals surface area (Å²) in [5.74, 6) is -0.862. The largest absolute Gasteiger partial charge is 0.462 e. The van der Waals surface area contributed by atoms with Crippen LogP contribution >= 0.6 is 0 Å². The Kier molecular flexibility index (Phi) is 4.10. The van der Waals surface area contributed by atoms with E-state index in [4.69, 9.17) is 5.26 Å². The number of nitrogens with zero attached hydrogens (tertiary/aromatic N) is 2. The first-order chi connectivity index (χ1) is 8.02. The van der Waals surface area contributed by atoms with Gasteiger partial charge in [0.2, 0.25) is 0 Å². The summed E-state index contributed by atoms with van der Waals surface area (Å²) in [5.41, 5.74) is -0.727. The number of nitriles is 1. The third-order valence-corrected chi connectivity index (χ3v) is 2.17. The van der Waals surface area contributed by atoms with Crippen molar-refractivity contribution in [2.24, 2.45) is 0 Å². The minimum Gasteiger partial charge on any atom is -0.462 e. The molecule has 90 valence electrons. The molecule has 6 heteroatoms. The fourth-order valence-electron chi connectivity index (χ4n) is 1.38. The van der Waals surface area contributed by atoms with Gasteiger partial charge in [0.25, 0.3) is 6.43 Å². The van der Waals surface area contributed by atoms with Crippen molar-refractivity contribution in [3.8, 4) is 6.07 Å². The van der Waals surface area contributed by atoms with Crippen LogP contribution < -0.4 is 0 Å². The second kappa shape index (κ2) is 5.34. The Morgan fingerprint density at radius 1 is 1.65 bits per heavy atom. The Morgan fingerprint density at radius 3 is 2.76 bits per heavy atom. The van der Waals surface area contributed by atoms with Crippen molar-refractivity contribution < 1.29 is 18.3 Å². The first-order valence-electron chi connectivity index (χ1n) is 4.87. The van der Waals surface area contributed by atoms with Crippen molar-refractivity contribution in [2.45, 2.75) is 20.3 Å². The van der Waals surface area contributed by atoms with Crippen molar-refractivity contribution in [3.05, 3.63) is 28.6 Å². The second-order valence-corrected chi connectivity index (χ2v) is 3.20. The van der Waals surface area contributed by atoms with Gasteiger partial charge in [-0.2, -0.15) is 5.26 Å². The van der Waals surface area contributed by atoms with Crippen LogP contribution in [0.4, 0.5) is 8.78 Å². The van der Waals surface area contributed by atoms with E-state index >= 15 is 0 Å².